The minimum Gasteiger partial charge on any atom is -0.471 e. The second-order valence-electron chi connectivity index (χ2n) is 4.07. The normalized spacial score (nSPS) is 10.5. The van der Waals surface area contributed by atoms with E-state index < -0.39 is 4.92 Å². The molecule has 2 rings (SSSR count). The second kappa shape index (κ2) is 7.13. The first-order valence-corrected chi connectivity index (χ1v) is 6.43. The van der Waals surface area contributed by atoms with Crippen LogP contribution in [0.1, 0.15) is 5.56 Å². The molecule has 0 aliphatic carbocycles. The van der Waals surface area contributed by atoms with E-state index in [4.69, 9.17) is 10.5 Å². The van der Waals surface area contributed by atoms with E-state index >= 15 is 0 Å². The zero-order valence-corrected chi connectivity index (χ0v) is 12.1. The van der Waals surface area contributed by atoms with Crippen molar-refractivity contribution in [1.82, 2.24) is 15.2 Å². The Morgan fingerprint density at radius 2 is 2.27 bits per heavy atom. The molecule has 0 fully saturated rings. The third kappa shape index (κ3) is 4.52. The third-order valence-electron chi connectivity index (χ3n) is 2.46. The molecule has 2 aromatic rings. The molecule has 0 aliphatic rings. The van der Waals surface area contributed by atoms with Gasteiger partial charge in [-0.2, -0.15) is 10.2 Å². The number of nitrogens with two attached hydrogens (primary N) is 1. The Kier molecular flexibility index (Phi) is 4.98. The van der Waals surface area contributed by atoms with Crippen molar-refractivity contribution in [1.29, 1.82) is 0 Å². The van der Waals surface area contributed by atoms with Gasteiger partial charge in [-0.15, -0.1) is 0 Å². The molecule has 0 bridgehead atoms. The highest BCUT2D eigenvalue weighted by Gasteiger charge is 2.08. The van der Waals surface area contributed by atoms with Crippen LogP contribution in [-0.4, -0.2) is 26.0 Å². The number of nitrogens with one attached hydrogen (secondary N) is 1. The smallest absolute Gasteiger partial charge is 0.307 e. The van der Waals surface area contributed by atoms with Crippen LogP contribution in [0.2, 0.25) is 0 Å². The standard InChI is InChI=1S/C12H12N6O3S/c13-12(22)16-14-5-9-1-3-11(4-2-9)21-8-17-7-10(6-15-17)18(19)20/h1-7H,8H2,(H3,13,16,22). The molecular formula is C12H12N6O3S. The molecular weight excluding hydrogens is 308 g/mol. The van der Waals surface area contributed by atoms with Crippen LogP contribution >= 0.6 is 12.2 Å². The van der Waals surface area contributed by atoms with Gasteiger partial charge in [0.2, 0.25) is 0 Å². The van der Waals surface area contributed by atoms with Gasteiger partial charge in [-0.05, 0) is 42.0 Å². The molecule has 9 nitrogen and oxygen atoms in total. The summed E-state index contributed by atoms with van der Waals surface area (Å²) in [6.45, 7) is 0.0737. The molecule has 1 heterocycles. The zero-order chi connectivity index (χ0) is 15.9. The lowest BCUT2D eigenvalue weighted by molar-refractivity contribution is -0.385. The van der Waals surface area contributed by atoms with Gasteiger partial charge < -0.3 is 10.5 Å². The van der Waals surface area contributed by atoms with Crippen molar-refractivity contribution < 1.29 is 9.66 Å². The van der Waals surface area contributed by atoms with E-state index in [1.165, 1.54) is 10.9 Å². The van der Waals surface area contributed by atoms with Crippen LogP contribution in [0.5, 0.6) is 5.75 Å². The summed E-state index contributed by atoms with van der Waals surface area (Å²) in [5.74, 6) is 0.595. The lowest BCUT2D eigenvalue weighted by atomic mass is 10.2. The van der Waals surface area contributed by atoms with Crippen LogP contribution in [0.15, 0.2) is 41.8 Å². The zero-order valence-electron chi connectivity index (χ0n) is 11.2. The molecule has 0 aliphatic heterocycles. The van der Waals surface area contributed by atoms with E-state index in [0.717, 1.165) is 11.8 Å². The Morgan fingerprint density at radius 1 is 1.55 bits per heavy atom. The Morgan fingerprint density at radius 3 is 2.86 bits per heavy atom. The molecule has 22 heavy (non-hydrogen) atoms. The number of nitrogens with zero attached hydrogens (tertiary/aromatic N) is 4. The summed E-state index contributed by atoms with van der Waals surface area (Å²) in [4.78, 5) is 10.0. The molecule has 0 spiro atoms. The maximum Gasteiger partial charge on any atom is 0.307 e. The predicted octanol–water partition coefficient (Wildman–Crippen LogP) is 0.995. The first-order chi connectivity index (χ1) is 10.5. The highest BCUT2D eigenvalue weighted by atomic mass is 32.1. The summed E-state index contributed by atoms with van der Waals surface area (Å²) >= 11 is 4.61. The maximum atomic E-state index is 10.5. The lowest BCUT2D eigenvalue weighted by Gasteiger charge is -2.05. The maximum absolute atomic E-state index is 10.5. The second-order valence-corrected chi connectivity index (χ2v) is 4.51. The van der Waals surface area contributed by atoms with Crippen molar-refractivity contribution in [2.24, 2.45) is 10.8 Å². The fourth-order valence-corrected chi connectivity index (χ4v) is 1.53. The number of hydrazone groups is 1. The van der Waals surface area contributed by atoms with Gasteiger partial charge in [0.25, 0.3) is 0 Å². The van der Waals surface area contributed by atoms with E-state index in [9.17, 15) is 10.1 Å². The van der Waals surface area contributed by atoms with Crippen molar-refractivity contribution >= 4 is 29.2 Å². The molecule has 0 saturated heterocycles. The van der Waals surface area contributed by atoms with Gasteiger partial charge in [-0.1, -0.05) is 0 Å². The van der Waals surface area contributed by atoms with E-state index in [2.05, 4.69) is 27.8 Å². The fourth-order valence-electron chi connectivity index (χ4n) is 1.48. The number of aromatic nitrogens is 2. The van der Waals surface area contributed by atoms with Gasteiger partial charge in [0, 0.05) is 0 Å². The van der Waals surface area contributed by atoms with Crippen molar-refractivity contribution in [2.75, 3.05) is 0 Å². The quantitative estimate of drug-likeness (QED) is 0.352. The topological polar surface area (TPSA) is 121 Å². The Labute approximate surface area is 130 Å². The number of ether oxygens (including phenoxy) is 1. The Bertz CT molecular complexity index is 697. The molecule has 0 amide bonds. The molecule has 0 radical (unpaired) electrons. The van der Waals surface area contributed by atoms with Gasteiger partial charge in [-0.3, -0.25) is 15.5 Å². The minimum absolute atomic E-state index is 0.0737. The molecule has 1 aromatic carbocycles. The van der Waals surface area contributed by atoms with Crippen LogP contribution in [0.4, 0.5) is 5.69 Å². The van der Waals surface area contributed by atoms with Gasteiger partial charge in [0.15, 0.2) is 11.8 Å². The first-order valence-electron chi connectivity index (χ1n) is 6.03. The molecule has 0 saturated carbocycles. The van der Waals surface area contributed by atoms with E-state index in [1.807, 2.05) is 0 Å². The number of thiocarbonyl (C=S) groups is 1. The Hall–Kier alpha value is -3.01. The molecule has 1 aromatic heterocycles. The van der Waals surface area contributed by atoms with E-state index in [-0.39, 0.29) is 17.5 Å². The molecule has 0 atom stereocenters. The summed E-state index contributed by atoms with van der Waals surface area (Å²) in [5, 5.41) is 18.3. The van der Waals surface area contributed by atoms with Crippen LogP contribution in [-0.2, 0) is 6.73 Å². The van der Waals surface area contributed by atoms with Gasteiger partial charge in [0.1, 0.15) is 18.1 Å². The summed E-state index contributed by atoms with van der Waals surface area (Å²) in [6.07, 6.45) is 4.01. The molecule has 3 N–H and O–H groups in total. The number of benzene rings is 1. The summed E-state index contributed by atoms with van der Waals surface area (Å²) < 4.78 is 6.79. The SMILES string of the molecule is NC(=S)NN=Cc1ccc(OCn2cc([N+](=O)[O-])cn2)cc1. The summed E-state index contributed by atoms with van der Waals surface area (Å²) in [6, 6.07) is 7.04. The van der Waals surface area contributed by atoms with Gasteiger partial charge in [-0.25, -0.2) is 4.68 Å². The highest BCUT2D eigenvalue weighted by molar-refractivity contribution is 7.80. The van der Waals surface area contributed by atoms with Crippen LogP contribution in [0, 0.1) is 10.1 Å². The largest absolute Gasteiger partial charge is 0.471 e. The van der Waals surface area contributed by atoms with Crippen LogP contribution in [0.25, 0.3) is 0 Å². The molecule has 114 valence electrons. The molecule has 10 heteroatoms. The number of rotatable bonds is 6. The number of hydrogen-bond acceptors (Lipinski definition) is 6. The predicted molar refractivity (Wildman–Crippen MR) is 83.5 cm³/mol. The van der Waals surface area contributed by atoms with Crippen LogP contribution < -0.4 is 15.9 Å². The average Bonchev–Trinajstić information content (AvgIpc) is 2.95. The number of hydrogen-bond donors (Lipinski definition) is 2. The fraction of sp³-hybridized carbons (Fsp3) is 0.0833. The van der Waals surface area contributed by atoms with Gasteiger partial charge in [0.05, 0.1) is 11.1 Å². The highest BCUT2D eigenvalue weighted by Crippen LogP contribution is 2.13. The van der Waals surface area contributed by atoms with Crippen LogP contribution in [0.3, 0.4) is 0 Å². The summed E-state index contributed by atoms with van der Waals surface area (Å²) in [5.41, 5.74) is 8.42. The van der Waals surface area contributed by atoms with Crippen molar-refractivity contribution in [2.45, 2.75) is 6.73 Å². The Balaban J connectivity index is 1.89. The van der Waals surface area contributed by atoms with Crippen molar-refractivity contribution in [3.05, 3.63) is 52.3 Å². The molecule has 0 unspecified atom stereocenters. The average molecular weight is 320 g/mol. The van der Waals surface area contributed by atoms with E-state index in [0.29, 0.717) is 5.75 Å². The third-order valence-corrected chi connectivity index (χ3v) is 2.55. The van der Waals surface area contributed by atoms with E-state index in [1.54, 1.807) is 30.5 Å². The van der Waals surface area contributed by atoms with Crippen molar-refractivity contribution in [3.8, 4) is 5.75 Å². The summed E-state index contributed by atoms with van der Waals surface area (Å²) in [7, 11) is 0. The minimum atomic E-state index is -0.515. The monoisotopic (exact) mass is 320 g/mol. The first kappa shape index (κ1) is 15.4. The van der Waals surface area contributed by atoms with Gasteiger partial charge >= 0.3 is 5.69 Å². The number of nitro groups is 1. The lowest BCUT2D eigenvalue weighted by Crippen LogP contribution is -2.23. The van der Waals surface area contributed by atoms with Crippen molar-refractivity contribution in [3.63, 3.8) is 0 Å².